The third-order valence-electron chi connectivity index (χ3n) is 5.50. The van der Waals surface area contributed by atoms with E-state index < -0.39 is 0 Å². The van der Waals surface area contributed by atoms with Gasteiger partial charge in [-0.3, -0.25) is 14.3 Å². The van der Waals surface area contributed by atoms with Gasteiger partial charge in [0.2, 0.25) is 0 Å². The summed E-state index contributed by atoms with van der Waals surface area (Å²) in [6, 6.07) is 9.19. The molecule has 1 aromatic heterocycles. The number of hydrogen-bond acceptors (Lipinski definition) is 4. The molecule has 7 nitrogen and oxygen atoms in total. The molecule has 1 unspecified atom stereocenters. The molecule has 29 heavy (non-hydrogen) atoms. The minimum Gasteiger partial charge on any atom is -0.339 e. The number of carbonyl (C=O) groups is 2. The van der Waals surface area contributed by atoms with Gasteiger partial charge in [-0.1, -0.05) is 6.07 Å². The van der Waals surface area contributed by atoms with Gasteiger partial charge in [0.15, 0.2) is 5.69 Å². The molecule has 8 heteroatoms. The molecule has 0 bridgehead atoms. The summed E-state index contributed by atoms with van der Waals surface area (Å²) in [4.78, 5) is 27.2. The molecule has 156 valence electrons. The van der Waals surface area contributed by atoms with Crippen molar-refractivity contribution in [3.05, 3.63) is 47.8 Å². The van der Waals surface area contributed by atoms with Gasteiger partial charge < -0.3 is 15.5 Å². The smallest absolute Gasteiger partial charge is 0.276 e. The molecular weight excluding hydrogens is 390 g/mol. The van der Waals surface area contributed by atoms with Gasteiger partial charge in [0.1, 0.15) is 0 Å². The molecule has 2 aliphatic rings. The van der Waals surface area contributed by atoms with Crippen LogP contribution in [-0.2, 0) is 0 Å². The third-order valence-corrected chi connectivity index (χ3v) is 5.50. The Morgan fingerprint density at radius 2 is 1.93 bits per heavy atom. The Hall–Kier alpha value is -2.38. The largest absolute Gasteiger partial charge is 0.339 e. The number of carbonyl (C=O) groups excluding carboxylic acids is 2. The summed E-state index contributed by atoms with van der Waals surface area (Å²) in [6.45, 7) is 3.53. The van der Waals surface area contributed by atoms with Gasteiger partial charge in [0.05, 0.1) is 6.04 Å². The van der Waals surface area contributed by atoms with Crippen molar-refractivity contribution in [2.24, 2.45) is 0 Å². The monoisotopic (exact) mass is 417 g/mol. The molecule has 2 N–H and O–H groups in total. The van der Waals surface area contributed by atoms with E-state index in [-0.39, 0.29) is 24.2 Å². The number of rotatable bonds is 4. The van der Waals surface area contributed by atoms with Gasteiger partial charge in [0, 0.05) is 37.1 Å². The highest BCUT2D eigenvalue weighted by Gasteiger charge is 2.20. The number of halogens is 1. The summed E-state index contributed by atoms with van der Waals surface area (Å²) in [5.41, 5.74) is 1.61. The van der Waals surface area contributed by atoms with Gasteiger partial charge in [-0.25, -0.2) is 0 Å². The first kappa shape index (κ1) is 21.3. The highest BCUT2D eigenvalue weighted by molar-refractivity contribution is 6.03. The zero-order valence-corrected chi connectivity index (χ0v) is 17.3. The molecule has 0 spiro atoms. The van der Waals surface area contributed by atoms with Crippen molar-refractivity contribution < 1.29 is 9.59 Å². The molecule has 0 saturated carbocycles. The maximum Gasteiger partial charge on any atom is 0.276 e. The molecule has 2 aliphatic heterocycles. The lowest BCUT2D eigenvalue weighted by molar-refractivity contribution is 0.0724. The Balaban J connectivity index is 0.00000240. The summed E-state index contributed by atoms with van der Waals surface area (Å²) in [5.74, 6) is -0.227. The number of nitrogens with one attached hydrogen (secondary N) is 2. The molecule has 1 aromatic carbocycles. The predicted octanol–water partition coefficient (Wildman–Crippen LogP) is 3.11. The Bertz CT molecular complexity index is 841. The number of piperidine rings is 2. The molecule has 0 aliphatic carbocycles. The van der Waals surface area contributed by atoms with Gasteiger partial charge in [-0.2, -0.15) is 5.10 Å². The first-order valence-electron chi connectivity index (χ1n) is 10.2. The van der Waals surface area contributed by atoms with Crippen molar-refractivity contribution in [2.45, 2.75) is 38.1 Å². The number of likely N-dealkylation sites (tertiary alicyclic amines) is 1. The van der Waals surface area contributed by atoms with Crippen molar-refractivity contribution in [2.75, 3.05) is 31.5 Å². The van der Waals surface area contributed by atoms with Crippen LogP contribution >= 0.6 is 12.4 Å². The summed E-state index contributed by atoms with van der Waals surface area (Å²) < 4.78 is 1.87. The van der Waals surface area contributed by atoms with Crippen LogP contribution < -0.4 is 10.6 Å². The fourth-order valence-electron chi connectivity index (χ4n) is 3.93. The number of aromatic nitrogens is 2. The highest BCUT2D eigenvalue weighted by atomic mass is 35.5. The van der Waals surface area contributed by atoms with Crippen molar-refractivity contribution in [3.63, 3.8) is 0 Å². The lowest BCUT2D eigenvalue weighted by atomic mass is 10.1. The molecule has 2 saturated heterocycles. The van der Waals surface area contributed by atoms with Crippen molar-refractivity contribution in [3.8, 4) is 0 Å². The van der Waals surface area contributed by atoms with E-state index >= 15 is 0 Å². The zero-order valence-electron chi connectivity index (χ0n) is 16.5. The van der Waals surface area contributed by atoms with Crippen LogP contribution in [0.25, 0.3) is 0 Å². The molecule has 1 atom stereocenters. The minimum atomic E-state index is -0.259. The van der Waals surface area contributed by atoms with E-state index in [1.807, 2.05) is 15.8 Å². The summed E-state index contributed by atoms with van der Waals surface area (Å²) in [6.07, 6.45) is 7.34. The Kier molecular flexibility index (Phi) is 7.28. The number of amides is 2. The van der Waals surface area contributed by atoms with E-state index in [2.05, 4.69) is 15.7 Å². The number of nitrogens with zero attached hydrogens (tertiary/aromatic N) is 3. The second kappa shape index (κ2) is 9.89. The van der Waals surface area contributed by atoms with E-state index in [9.17, 15) is 9.59 Å². The molecule has 2 fully saturated rings. The normalized spacial score (nSPS) is 19.3. The second-order valence-corrected chi connectivity index (χ2v) is 7.57. The van der Waals surface area contributed by atoms with Crippen LogP contribution in [0.2, 0.25) is 0 Å². The fraction of sp³-hybridized carbons (Fsp3) is 0.476. The standard InChI is InChI=1S/C21H27N5O2.ClH/c27-20(19-9-13-26(24-19)18-8-5-10-22-15-18)23-17-7-4-6-16(14-17)21(28)25-11-2-1-3-12-25;/h4,6-7,9,13-14,18,22H,1-3,5,8,10-12,15H2,(H,23,27);1H. The van der Waals surface area contributed by atoms with Crippen LogP contribution in [0.4, 0.5) is 5.69 Å². The first-order chi connectivity index (χ1) is 13.7. The maximum atomic E-state index is 12.7. The van der Waals surface area contributed by atoms with Crippen molar-refractivity contribution in [1.82, 2.24) is 20.0 Å². The first-order valence-corrected chi connectivity index (χ1v) is 10.2. The number of hydrogen-bond donors (Lipinski definition) is 2. The lowest BCUT2D eigenvalue weighted by Gasteiger charge is -2.26. The van der Waals surface area contributed by atoms with Gasteiger partial charge in [0.25, 0.3) is 11.8 Å². The molecule has 2 aromatic rings. The van der Waals surface area contributed by atoms with E-state index in [1.165, 1.54) is 6.42 Å². The van der Waals surface area contributed by atoms with Crippen LogP contribution in [0, 0.1) is 0 Å². The zero-order chi connectivity index (χ0) is 19.3. The van der Waals surface area contributed by atoms with Gasteiger partial charge >= 0.3 is 0 Å². The summed E-state index contributed by atoms with van der Waals surface area (Å²) >= 11 is 0. The Morgan fingerprint density at radius 3 is 2.69 bits per heavy atom. The fourth-order valence-corrected chi connectivity index (χ4v) is 3.93. The Labute approximate surface area is 177 Å². The average Bonchev–Trinajstić information content (AvgIpc) is 3.25. The minimum absolute atomic E-state index is 0. The Morgan fingerprint density at radius 1 is 1.10 bits per heavy atom. The number of benzene rings is 1. The second-order valence-electron chi connectivity index (χ2n) is 7.57. The maximum absolute atomic E-state index is 12.7. The van der Waals surface area contributed by atoms with E-state index in [1.54, 1.807) is 30.3 Å². The molecule has 2 amide bonds. The molecule has 4 rings (SSSR count). The third kappa shape index (κ3) is 5.16. The van der Waals surface area contributed by atoms with Crippen LogP contribution in [-0.4, -0.2) is 52.7 Å². The van der Waals surface area contributed by atoms with Crippen LogP contribution in [0.15, 0.2) is 36.5 Å². The van der Waals surface area contributed by atoms with Gasteiger partial charge in [-0.05, 0) is 62.9 Å². The van der Waals surface area contributed by atoms with E-state index in [0.717, 1.165) is 51.9 Å². The van der Waals surface area contributed by atoms with Crippen LogP contribution in [0.5, 0.6) is 0 Å². The predicted molar refractivity (Wildman–Crippen MR) is 115 cm³/mol. The lowest BCUT2D eigenvalue weighted by Crippen LogP contribution is -2.35. The van der Waals surface area contributed by atoms with Gasteiger partial charge in [-0.15, -0.1) is 12.4 Å². The highest BCUT2D eigenvalue weighted by Crippen LogP contribution is 2.18. The van der Waals surface area contributed by atoms with E-state index in [4.69, 9.17) is 0 Å². The topological polar surface area (TPSA) is 79.3 Å². The SMILES string of the molecule is Cl.O=C(Nc1cccc(C(=O)N2CCCCC2)c1)c1ccn(C2CCCNC2)n1. The molecular formula is C21H28ClN5O2. The van der Waals surface area contributed by atoms with Crippen LogP contribution in [0.1, 0.15) is 59.0 Å². The summed E-state index contributed by atoms with van der Waals surface area (Å²) in [5, 5.41) is 10.7. The van der Waals surface area contributed by atoms with Crippen molar-refractivity contribution >= 4 is 29.9 Å². The van der Waals surface area contributed by atoms with E-state index in [0.29, 0.717) is 23.0 Å². The van der Waals surface area contributed by atoms with Crippen molar-refractivity contribution in [1.29, 1.82) is 0 Å². The summed E-state index contributed by atoms with van der Waals surface area (Å²) in [7, 11) is 0. The number of anilines is 1. The molecule has 0 radical (unpaired) electrons. The molecule has 3 heterocycles. The van der Waals surface area contributed by atoms with Crippen LogP contribution in [0.3, 0.4) is 0 Å². The average molecular weight is 418 g/mol. The quantitative estimate of drug-likeness (QED) is 0.801.